The molecule has 0 spiro atoms. The normalized spacial score (nSPS) is 23.0. The molecule has 0 radical (unpaired) electrons. The molecule has 0 amide bonds. The minimum absolute atomic E-state index is 0.0298. The van der Waals surface area contributed by atoms with Gasteiger partial charge >= 0.3 is 0 Å². The number of rotatable bonds is 5. The fourth-order valence-electron chi connectivity index (χ4n) is 2.91. The van der Waals surface area contributed by atoms with Crippen LogP contribution in [0.2, 0.25) is 0 Å². The van der Waals surface area contributed by atoms with Gasteiger partial charge in [-0.15, -0.1) is 0 Å². The lowest BCUT2D eigenvalue weighted by Crippen LogP contribution is -2.37. The van der Waals surface area contributed by atoms with E-state index >= 15 is 0 Å². The van der Waals surface area contributed by atoms with Gasteiger partial charge in [0.25, 0.3) is 0 Å². The first-order valence-electron chi connectivity index (χ1n) is 7.35. The molecule has 6 heteroatoms. The maximum atomic E-state index is 12.5. The van der Waals surface area contributed by atoms with Gasteiger partial charge < -0.3 is 10.5 Å². The summed E-state index contributed by atoms with van der Waals surface area (Å²) in [5, 5.41) is 0. The van der Waals surface area contributed by atoms with Gasteiger partial charge in [0, 0.05) is 18.2 Å². The third-order valence-corrected chi connectivity index (χ3v) is 5.56. The monoisotopic (exact) mass is 312 g/mol. The standard InChI is InChI=1S/C15H24N2O3S/c1-11-4-3-5-13(8-11)17-21(18,19)14-6-7-15(20-2)12(9-14)10-16/h6-7,9,11,13,17H,3-5,8,10,16H2,1-2H3. The van der Waals surface area contributed by atoms with Crippen LogP contribution in [0, 0.1) is 5.92 Å². The van der Waals surface area contributed by atoms with Crippen LogP contribution in [-0.2, 0) is 16.6 Å². The Bertz CT molecular complexity index is 587. The van der Waals surface area contributed by atoms with E-state index in [1.807, 2.05) is 0 Å². The van der Waals surface area contributed by atoms with Crippen LogP contribution < -0.4 is 15.2 Å². The maximum Gasteiger partial charge on any atom is 0.240 e. The Morgan fingerprint density at radius 1 is 1.38 bits per heavy atom. The first-order valence-corrected chi connectivity index (χ1v) is 8.84. The fraction of sp³-hybridized carbons (Fsp3) is 0.600. The lowest BCUT2D eigenvalue weighted by Gasteiger charge is -2.27. The van der Waals surface area contributed by atoms with Gasteiger partial charge in [0.2, 0.25) is 10.0 Å². The zero-order valence-corrected chi connectivity index (χ0v) is 13.4. The Balaban J connectivity index is 2.19. The SMILES string of the molecule is COc1ccc(S(=O)(=O)NC2CCCC(C)C2)cc1CN. The van der Waals surface area contributed by atoms with Crippen molar-refractivity contribution < 1.29 is 13.2 Å². The zero-order chi connectivity index (χ0) is 15.5. The average Bonchev–Trinajstić information content (AvgIpc) is 2.46. The Morgan fingerprint density at radius 3 is 2.76 bits per heavy atom. The summed E-state index contributed by atoms with van der Waals surface area (Å²) in [7, 11) is -1.96. The first kappa shape index (κ1) is 16.3. The number of hydrogen-bond acceptors (Lipinski definition) is 4. The van der Waals surface area contributed by atoms with E-state index in [-0.39, 0.29) is 17.5 Å². The van der Waals surface area contributed by atoms with Crippen molar-refractivity contribution in [1.82, 2.24) is 4.72 Å². The maximum absolute atomic E-state index is 12.5. The second-order valence-electron chi connectivity index (χ2n) is 5.77. The van der Waals surface area contributed by atoms with Gasteiger partial charge in [-0.1, -0.05) is 19.8 Å². The van der Waals surface area contributed by atoms with Gasteiger partial charge in [-0.2, -0.15) is 0 Å². The third kappa shape index (κ3) is 3.96. The Kier molecular flexibility index (Phi) is 5.24. The summed E-state index contributed by atoms with van der Waals surface area (Å²) in [5.41, 5.74) is 6.34. The van der Waals surface area contributed by atoms with Crippen LogP contribution in [0.3, 0.4) is 0 Å². The summed E-state index contributed by atoms with van der Waals surface area (Å²) < 4.78 is 33.0. The summed E-state index contributed by atoms with van der Waals surface area (Å²) in [6.07, 6.45) is 4.06. The van der Waals surface area contributed by atoms with Crippen LogP contribution >= 0.6 is 0 Å². The summed E-state index contributed by atoms with van der Waals surface area (Å²) in [6.45, 7) is 2.41. The highest BCUT2D eigenvalue weighted by Crippen LogP contribution is 2.26. The lowest BCUT2D eigenvalue weighted by molar-refractivity contribution is 0.327. The molecular formula is C15H24N2O3S. The quantitative estimate of drug-likeness (QED) is 0.871. The molecular weight excluding hydrogens is 288 g/mol. The van der Waals surface area contributed by atoms with Gasteiger partial charge in [0.15, 0.2) is 0 Å². The molecule has 0 aliphatic heterocycles. The number of ether oxygens (including phenoxy) is 1. The van der Waals surface area contributed by atoms with Crippen molar-refractivity contribution >= 4 is 10.0 Å². The van der Waals surface area contributed by atoms with Gasteiger partial charge in [-0.25, -0.2) is 13.1 Å². The van der Waals surface area contributed by atoms with Crippen molar-refractivity contribution in [3.05, 3.63) is 23.8 Å². The Hall–Kier alpha value is -1.11. The molecule has 2 unspecified atom stereocenters. The molecule has 1 saturated carbocycles. The van der Waals surface area contributed by atoms with E-state index in [1.54, 1.807) is 25.3 Å². The molecule has 3 N–H and O–H groups in total. The highest BCUT2D eigenvalue weighted by molar-refractivity contribution is 7.89. The summed E-state index contributed by atoms with van der Waals surface area (Å²) in [6, 6.07) is 4.84. The number of nitrogens with one attached hydrogen (secondary N) is 1. The molecule has 0 bridgehead atoms. The van der Waals surface area contributed by atoms with Crippen LogP contribution in [0.1, 0.15) is 38.2 Å². The summed E-state index contributed by atoms with van der Waals surface area (Å²) in [5.74, 6) is 1.18. The van der Waals surface area contributed by atoms with Gasteiger partial charge in [-0.05, 0) is 37.0 Å². The van der Waals surface area contributed by atoms with E-state index in [9.17, 15) is 8.42 Å². The number of nitrogens with two attached hydrogens (primary N) is 1. The van der Waals surface area contributed by atoms with Gasteiger partial charge in [0.05, 0.1) is 12.0 Å². The molecule has 21 heavy (non-hydrogen) atoms. The topological polar surface area (TPSA) is 81.4 Å². The van der Waals surface area contributed by atoms with E-state index in [1.165, 1.54) is 6.42 Å². The molecule has 0 saturated heterocycles. The van der Waals surface area contributed by atoms with Gasteiger partial charge in [-0.3, -0.25) is 0 Å². The lowest BCUT2D eigenvalue weighted by atomic mass is 9.88. The molecule has 1 aromatic carbocycles. The third-order valence-electron chi connectivity index (χ3n) is 4.04. The van der Waals surface area contributed by atoms with Crippen molar-refractivity contribution in [2.24, 2.45) is 11.7 Å². The number of methoxy groups -OCH3 is 1. The highest BCUT2D eigenvalue weighted by Gasteiger charge is 2.25. The van der Waals surface area contributed by atoms with E-state index in [4.69, 9.17) is 10.5 Å². The number of hydrogen-bond donors (Lipinski definition) is 2. The molecule has 0 heterocycles. The predicted octanol–water partition coefficient (Wildman–Crippen LogP) is 2.01. The molecule has 2 rings (SSSR count). The Labute approximate surface area is 126 Å². The van der Waals surface area contributed by atoms with Gasteiger partial charge in [0.1, 0.15) is 5.75 Å². The molecule has 118 valence electrons. The fourth-order valence-corrected chi connectivity index (χ4v) is 4.24. The van der Waals surface area contributed by atoms with E-state index < -0.39 is 10.0 Å². The first-order chi connectivity index (χ1) is 9.96. The van der Waals surface area contributed by atoms with Crippen LogP contribution in [0.25, 0.3) is 0 Å². The molecule has 2 atom stereocenters. The van der Waals surface area contributed by atoms with Crippen molar-refractivity contribution in [2.75, 3.05) is 7.11 Å². The Morgan fingerprint density at radius 2 is 2.14 bits per heavy atom. The van der Waals surface area contributed by atoms with Crippen molar-refractivity contribution in [1.29, 1.82) is 0 Å². The highest BCUT2D eigenvalue weighted by atomic mass is 32.2. The van der Waals surface area contributed by atoms with Crippen molar-refractivity contribution in [3.8, 4) is 5.75 Å². The van der Waals surface area contributed by atoms with Crippen LogP contribution in [0.15, 0.2) is 23.1 Å². The van der Waals surface area contributed by atoms with Crippen molar-refractivity contribution in [2.45, 2.75) is 50.1 Å². The van der Waals surface area contributed by atoms with E-state index in [2.05, 4.69) is 11.6 Å². The zero-order valence-electron chi connectivity index (χ0n) is 12.6. The van der Waals surface area contributed by atoms with Crippen LogP contribution in [0.5, 0.6) is 5.75 Å². The van der Waals surface area contributed by atoms with E-state index in [0.29, 0.717) is 17.2 Å². The average molecular weight is 312 g/mol. The minimum Gasteiger partial charge on any atom is -0.496 e. The largest absolute Gasteiger partial charge is 0.496 e. The smallest absolute Gasteiger partial charge is 0.240 e. The van der Waals surface area contributed by atoms with Crippen LogP contribution in [0.4, 0.5) is 0 Å². The molecule has 1 aliphatic rings. The minimum atomic E-state index is -3.50. The van der Waals surface area contributed by atoms with Crippen LogP contribution in [-0.4, -0.2) is 21.6 Å². The van der Waals surface area contributed by atoms with Crippen molar-refractivity contribution in [3.63, 3.8) is 0 Å². The predicted molar refractivity (Wildman–Crippen MR) is 82.6 cm³/mol. The molecule has 1 aromatic rings. The summed E-state index contributed by atoms with van der Waals surface area (Å²) >= 11 is 0. The molecule has 0 aromatic heterocycles. The molecule has 1 aliphatic carbocycles. The van der Waals surface area contributed by atoms with E-state index in [0.717, 1.165) is 19.3 Å². The second kappa shape index (κ2) is 6.77. The number of sulfonamides is 1. The second-order valence-corrected chi connectivity index (χ2v) is 7.48. The molecule has 5 nitrogen and oxygen atoms in total. The number of benzene rings is 1. The molecule has 1 fully saturated rings. The summed E-state index contributed by atoms with van der Waals surface area (Å²) in [4.78, 5) is 0.252.